The Morgan fingerprint density at radius 1 is 0.966 bits per heavy atom. The van der Waals surface area contributed by atoms with Crippen molar-refractivity contribution in [1.29, 1.82) is 0 Å². The lowest BCUT2D eigenvalue weighted by molar-refractivity contribution is -0.172. The minimum absolute atomic E-state index is 0.136. The van der Waals surface area contributed by atoms with Gasteiger partial charge in [0.25, 0.3) is 0 Å². The van der Waals surface area contributed by atoms with Crippen molar-refractivity contribution in [2.45, 2.75) is 18.1 Å². The summed E-state index contributed by atoms with van der Waals surface area (Å²) in [5.41, 5.74) is 3.19. The molecular weight excluding hydrogens is 362 g/mol. The second-order valence-electron chi connectivity index (χ2n) is 7.45. The molecule has 5 rings (SSSR count). The fraction of sp³-hybridized carbons (Fsp3) is 0.160. The van der Waals surface area contributed by atoms with Crippen molar-refractivity contribution in [2.24, 2.45) is 0 Å². The Morgan fingerprint density at radius 2 is 1.59 bits per heavy atom. The van der Waals surface area contributed by atoms with Gasteiger partial charge in [0.1, 0.15) is 0 Å². The Kier molecular flexibility index (Phi) is 4.03. The van der Waals surface area contributed by atoms with Crippen LogP contribution in [0.1, 0.15) is 23.6 Å². The van der Waals surface area contributed by atoms with E-state index in [4.69, 9.17) is 4.74 Å². The van der Waals surface area contributed by atoms with Crippen LogP contribution >= 0.6 is 0 Å². The van der Waals surface area contributed by atoms with Crippen LogP contribution in [0.25, 0.3) is 22.0 Å². The second-order valence-corrected chi connectivity index (χ2v) is 7.45. The summed E-state index contributed by atoms with van der Waals surface area (Å²) >= 11 is 0. The molecule has 0 saturated heterocycles. The van der Waals surface area contributed by atoms with Crippen LogP contribution in [0.5, 0.6) is 0 Å². The van der Waals surface area contributed by atoms with Gasteiger partial charge in [-0.05, 0) is 17.2 Å². The number of ether oxygens (including phenoxy) is 1. The van der Waals surface area contributed by atoms with Gasteiger partial charge in [0.2, 0.25) is 5.72 Å². The maximum Gasteiger partial charge on any atom is 0.359 e. The molecule has 0 saturated carbocycles. The molecule has 1 aliphatic rings. The van der Waals surface area contributed by atoms with Crippen molar-refractivity contribution in [3.05, 3.63) is 96.2 Å². The molecule has 0 amide bonds. The van der Waals surface area contributed by atoms with E-state index in [-0.39, 0.29) is 12.3 Å². The number of carbonyl (C=O) groups is 1. The first-order chi connectivity index (χ1) is 14.1. The van der Waals surface area contributed by atoms with Crippen molar-refractivity contribution >= 4 is 16.9 Å². The van der Waals surface area contributed by atoms with Gasteiger partial charge in [-0.1, -0.05) is 78.9 Å². The number of aromatic nitrogens is 1. The quantitative estimate of drug-likeness (QED) is 0.524. The van der Waals surface area contributed by atoms with Gasteiger partial charge in [-0.25, -0.2) is 4.79 Å². The largest absolute Gasteiger partial charge is 0.465 e. The lowest BCUT2D eigenvalue weighted by Crippen LogP contribution is -2.40. The molecule has 4 heteroatoms. The molecule has 1 aromatic heterocycles. The molecule has 0 aliphatic carbocycles. The maximum absolute atomic E-state index is 12.8. The zero-order chi connectivity index (χ0) is 20.0. The molecule has 3 aromatic carbocycles. The SMILES string of the molecule is COC(=O)[C@@]1(O)C[C@H](c2ccccc2)c2c(-c3ccccc3)c3ccccc3n21. The van der Waals surface area contributed by atoms with Crippen molar-refractivity contribution in [2.75, 3.05) is 7.11 Å². The van der Waals surface area contributed by atoms with Crippen LogP contribution in [-0.4, -0.2) is 22.8 Å². The molecule has 0 unspecified atom stereocenters. The highest BCUT2D eigenvalue weighted by atomic mass is 16.5. The van der Waals surface area contributed by atoms with Crippen molar-refractivity contribution in [1.82, 2.24) is 4.57 Å². The molecule has 29 heavy (non-hydrogen) atoms. The topological polar surface area (TPSA) is 51.5 Å². The summed E-state index contributed by atoms with van der Waals surface area (Å²) in [6.07, 6.45) is 0.240. The zero-order valence-corrected chi connectivity index (χ0v) is 16.1. The summed E-state index contributed by atoms with van der Waals surface area (Å²) in [5, 5.41) is 12.6. The fourth-order valence-electron chi connectivity index (χ4n) is 4.67. The number of nitrogens with zero attached hydrogens (tertiary/aromatic N) is 1. The molecule has 2 atom stereocenters. The summed E-state index contributed by atoms with van der Waals surface area (Å²) in [4.78, 5) is 12.8. The molecule has 2 heterocycles. The standard InChI is InChI=1S/C25H21NO3/c1-29-24(27)25(28)16-20(17-10-4-2-5-11-17)23-22(18-12-6-3-7-13-18)19-14-8-9-15-21(19)26(23)25/h2-15,20,28H,16H2,1H3/t20-,25+/m1/s1. The highest BCUT2D eigenvalue weighted by molar-refractivity contribution is 6.00. The van der Waals surface area contributed by atoms with Crippen LogP contribution in [0.2, 0.25) is 0 Å². The van der Waals surface area contributed by atoms with Gasteiger partial charge < -0.3 is 14.4 Å². The average molecular weight is 383 g/mol. The number of hydrogen-bond acceptors (Lipinski definition) is 3. The van der Waals surface area contributed by atoms with Crippen molar-refractivity contribution in [3.8, 4) is 11.1 Å². The number of benzene rings is 3. The normalized spacial score (nSPS) is 20.6. The van der Waals surface area contributed by atoms with E-state index < -0.39 is 11.7 Å². The molecular formula is C25H21NO3. The molecule has 0 radical (unpaired) electrons. The molecule has 4 nitrogen and oxygen atoms in total. The third-order valence-electron chi connectivity index (χ3n) is 5.88. The van der Waals surface area contributed by atoms with Crippen LogP contribution in [0.3, 0.4) is 0 Å². The summed E-state index contributed by atoms with van der Waals surface area (Å²) in [6, 6.07) is 28.1. The highest BCUT2D eigenvalue weighted by Gasteiger charge is 2.51. The Hall–Kier alpha value is -3.37. The smallest absolute Gasteiger partial charge is 0.359 e. The molecule has 0 fully saturated rings. The number of fused-ring (bicyclic) bond motifs is 3. The number of rotatable bonds is 3. The van der Waals surface area contributed by atoms with Gasteiger partial charge in [0.15, 0.2) is 0 Å². The first kappa shape index (κ1) is 17.7. The summed E-state index contributed by atoms with van der Waals surface area (Å²) in [7, 11) is 1.32. The van der Waals surface area contributed by atoms with Gasteiger partial charge in [0, 0.05) is 29.0 Å². The Bertz CT molecular complexity index is 1200. The van der Waals surface area contributed by atoms with Crippen molar-refractivity contribution in [3.63, 3.8) is 0 Å². The Morgan fingerprint density at radius 3 is 2.28 bits per heavy atom. The molecule has 4 aromatic rings. The molecule has 1 aliphatic heterocycles. The molecule has 144 valence electrons. The van der Waals surface area contributed by atoms with E-state index in [1.165, 1.54) is 7.11 Å². The van der Waals surface area contributed by atoms with Crippen molar-refractivity contribution < 1.29 is 14.6 Å². The van der Waals surface area contributed by atoms with Crippen LogP contribution in [0, 0.1) is 0 Å². The minimum Gasteiger partial charge on any atom is -0.465 e. The van der Waals surface area contributed by atoms with Gasteiger partial charge in [-0.2, -0.15) is 0 Å². The van der Waals surface area contributed by atoms with E-state index in [9.17, 15) is 9.90 Å². The van der Waals surface area contributed by atoms with Gasteiger partial charge in [-0.3, -0.25) is 0 Å². The number of carbonyl (C=O) groups excluding carboxylic acids is 1. The summed E-state index contributed by atoms with van der Waals surface area (Å²) in [6.45, 7) is 0. The van der Waals surface area contributed by atoms with Gasteiger partial charge in [-0.15, -0.1) is 0 Å². The van der Waals surface area contributed by atoms with Gasteiger partial charge >= 0.3 is 5.97 Å². The third-order valence-corrected chi connectivity index (χ3v) is 5.88. The number of methoxy groups -OCH3 is 1. The fourth-order valence-corrected chi connectivity index (χ4v) is 4.67. The Balaban J connectivity index is 1.90. The predicted octanol–water partition coefficient (Wildman–Crippen LogP) is 4.66. The first-order valence-electron chi connectivity index (χ1n) is 9.70. The van der Waals surface area contributed by atoms with Gasteiger partial charge in [0.05, 0.1) is 12.6 Å². The van der Waals surface area contributed by atoms with E-state index in [1.54, 1.807) is 4.57 Å². The number of esters is 1. The number of hydrogen-bond donors (Lipinski definition) is 1. The number of aliphatic hydroxyl groups is 1. The van der Waals surface area contributed by atoms with E-state index in [2.05, 4.69) is 12.1 Å². The minimum atomic E-state index is -1.75. The molecule has 0 bridgehead atoms. The van der Waals surface area contributed by atoms with Crippen LogP contribution in [-0.2, 0) is 15.3 Å². The summed E-state index contributed by atoms with van der Waals surface area (Å²) < 4.78 is 6.82. The zero-order valence-electron chi connectivity index (χ0n) is 16.1. The first-order valence-corrected chi connectivity index (χ1v) is 9.70. The predicted molar refractivity (Wildman–Crippen MR) is 112 cm³/mol. The van der Waals surface area contributed by atoms with Crippen LogP contribution in [0.15, 0.2) is 84.9 Å². The average Bonchev–Trinajstić information content (AvgIpc) is 3.28. The van der Waals surface area contributed by atoms with E-state index >= 15 is 0 Å². The maximum atomic E-state index is 12.8. The lowest BCUT2D eigenvalue weighted by Gasteiger charge is -2.23. The highest BCUT2D eigenvalue weighted by Crippen LogP contribution is 2.52. The van der Waals surface area contributed by atoms with E-state index in [1.807, 2.05) is 72.8 Å². The molecule has 1 N–H and O–H groups in total. The molecule has 0 spiro atoms. The van der Waals surface area contributed by atoms with E-state index in [0.29, 0.717) is 0 Å². The monoisotopic (exact) mass is 383 g/mol. The summed E-state index contributed by atoms with van der Waals surface area (Å²) in [5.74, 6) is -0.777. The number of para-hydroxylation sites is 1. The van der Waals surface area contributed by atoms with Crippen LogP contribution in [0.4, 0.5) is 0 Å². The Labute approximate surface area is 169 Å². The van der Waals surface area contributed by atoms with E-state index in [0.717, 1.165) is 33.3 Å². The lowest BCUT2D eigenvalue weighted by atomic mass is 9.87. The third kappa shape index (κ3) is 2.53. The van der Waals surface area contributed by atoms with Crippen LogP contribution < -0.4 is 0 Å². The second kappa shape index (κ2) is 6.61.